The third kappa shape index (κ3) is 2.90. The summed E-state index contributed by atoms with van der Waals surface area (Å²) in [5.74, 6) is -0.821. The maximum absolute atomic E-state index is 13.9. The molecule has 106 valence electrons. The van der Waals surface area contributed by atoms with Crippen LogP contribution in [0.1, 0.15) is 30.5 Å². The van der Waals surface area contributed by atoms with Gasteiger partial charge in [0.15, 0.2) is 0 Å². The molecule has 0 aromatic heterocycles. The minimum Gasteiger partial charge on any atom is -0.508 e. The first-order valence-corrected chi connectivity index (χ1v) is 6.53. The first-order valence-electron chi connectivity index (χ1n) is 6.53. The Kier molecular flexibility index (Phi) is 4.23. The van der Waals surface area contributed by atoms with E-state index in [2.05, 4.69) is 5.32 Å². The molecule has 0 saturated carbocycles. The topological polar surface area (TPSA) is 32.3 Å². The van der Waals surface area contributed by atoms with Gasteiger partial charge in [-0.2, -0.15) is 0 Å². The summed E-state index contributed by atoms with van der Waals surface area (Å²) in [5, 5.41) is 12.8. The Hall–Kier alpha value is -2.10. The molecule has 0 heterocycles. The van der Waals surface area contributed by atoms with Gasteiger partial charge in [-0.25, -0.2) is 8.78 Å². The number of hydrogen-bond acceptors (Lipinski definition) is 2. The molecular weight excluding hydrogens is 260 g/mol. The van der Waals surface area contributed by atoms with E-state index < -0.39 is 11.6 Å². The molecule has 2 rings (SSSR count). The van der Waals surface area contributed by atoms with Crippen LogP contribution in [0.3, 0.4) is 0 Å². The van der Waals surface area contributed by atoms with E-state index in [1.54, 1.807) is 24.3 Å². The Balaban J connectivity index is 2.32. The predicted octanol–water partition coefficient (Wildman–Crippen LogP) is 4.54. The van der Waals surface area contributed by atoms with Crippen LogP contribution >= 0.6 is 0 Å². The van der Waals surface area contributed by atoms with Crippen LogP contribution in [0, 0.1) is 18.6 Å². The first kappa shape index (κ1) is 14.3. The summed E-state index contributed by atoms with van der Waals surface area (Å²) in [6, 6.07) is 8.88. The van der Waals surface area contributed by atoms with Crippen molar-refractivity contribution in [3.05, 3.63) is 59.2 Å². The molecule has 2 aromatic carbocycles. The van der Waals surface area contributed by atoms with Crippen molar-refractivity contribution in [3.8, 4) is 5.75 Å². The lowest BCUT2D eigenvalue weighted by Gasteiger charge is -2.20. The number of anilines is 1. The van der Waals surface area contributed by atoms with Gasteiger partial charge >= 0.3 is 0 Å². The lowest BCUT2D eigenvalue weighted by molar-refractivity contribution is 0.462. The smallest absolute Gasteiger partial charge is 0.146 e. The summed E-state index contributed by atoms with van der Waals surface area (Å²) in [6.45, 7) is 3.43. The van der Waals surface area contributed by atoms with Crippen molar-refractivity contribution in [3.63, 3.8) is 0 Å². The minimum absolute atomic E-state index is 0.100. The maximum atomic E-state index is 13.9. The quantitative estimate of drug-likeness (QED) is 0.859. The van der Waals surface area contributed by atoms with Crippen LogP contribution in [-0.2, 0) is 0 Å². The Morgan fingerprint density at radius 3 is 2.50 bits per heavy atom. The van der Waals surface area contributed by atoms with E-state index in [9.17, 15) is 13.9 Å². The molecule has 0 radical (unpaired) electrons. The Morgan fingerprint density at radius 2 is 1.85 bits per heavy atom. The molecule has 0 saturated heterocycles. The van der Waals surface area contributed by atoms with Gasteiger partial charge in [-0.05, 0) is 31.0 Å². The summed E-state index contributed by atoms with van der Waals surface area (Å²) in [6.07, 6.45) is 0.631. The number of phenols is 1. The number of nitrogens with one attached hydrogen (secondary N) is 1. The van der Waals surface area contributed by atoms with E-state index in [0.717, 1.165) is 12.1 Å². The lowest BCUT2D eigenvalue weighted by Crippen LogP contribution is -2.11. The molecule has 20 heavy (non-hydrogen) atoms. The molecule has 0 bridgehead atoms. The van der Waals surface area contributed by atoms with Crippen LogP contribution in [-0.4, -0.2) is 5.11 Å². The van der Waals surface area contributed by atoms with Gasteiger partial charge in [0.2, 0.25) is 0 Å². The van der Waals surface area contributed by atoms with Crippen molar-refractivity contribution < 1.29 is 13.9 Å². The SMILES string of the molecule is CCC(Nc1cc(F)c(C)cc1F)c1ccccc1O. The van der Waals surface area contributed by atoms with Crippen molar-refractivity contribution in [2.75, 3.05) is 5.32 Å². The summed E-state index contributed by atoms with van der Waals surface area (Å²) in [7, 11) is 0. The second-order valence-corrected chi connectivity index (χ2v) is 4.75. The van der Waals surface area contributed by atoms with E-state index in [0.29, 0.717) is 12.0 Å². The number of halogens is 2. The van der Waals surface area contributed by atoms with Gasteiger partial charge in [0.05, 0.1) is 11.7 Å². The van der Waals surface area contributed by atoms with Gasteiger partial charge in [0, 0.05) is 11.6 Å². The fourth-order valence-electron chi connectivity index (χ4n) is 2.13. The third-order valence-electron chi connectivity index (χ3n) is 3.30. The fraction of sp³-hybridized carbons (Fsp3) is 0.250. The van der Waals surface area contributed by atoms with Crippen LogP contribution in [0.4, 0.5) is 14.5 Å². The summed E-state index contributed by atoms with van der Waals surface area (Å²) < 4.78 is 27.4. The van der Waals surface area contributed by atoms with E-state index in [4.69, 9.17) is 0 Å². The number of aromatic hydroxyl groups is 1. The van der Waals surface area contributed by atoms with Crippen molar-refractivity contribution in [2.24, 2.45) is 0 Å². The van der Waals surface area contributed by atoms with Gasteiger partial charge in [-0.15, -0.1) is 0 Å². The number of benzene rings is 2. The number of aryl methyl sites for hydroxylation is 1. The molecule has 0 aliphatic carbocycles. The highest BCUT2D eigenvalue weighted by Crippen LogP contribution is 2.30. The zero-order chi connectivity index (χ0) is 14.7. The predicted molar refractivity (Wildman–Crippen MR) is 75.9 cm³/mol. The third-order valence-corrected chi connectivity index (χ3v) is 3.30. The van der Waals surface area contributed by atoms with Crippen LogP contribution in [0.5, 0.6) is 5.75 Å². The molecule has 0 amide bonds. The average Bonchev–Trinajstić information content (AvgIpc) is 2.42. The lowest BCUT2D eigenvalue weighted by atomic mass is 10.0. The van der Waals surface area contributed by atoms with Crippen molar-refractivity contribution >= 4 is 5.69 Å². The summed E-state index contributed by atoms with van der Waals surface area (Å²) in [5.41, 5.74) is 1.03. The standard InChI is InChI=1S/C16H17F2NO/c1-3-14(11-6-4-5-7-16(11)20)19-15-9-12(17)10(2)8-13(15)18/h4-9,14,19-20H,3H2,1-2H3. The molecule has 0 spiro atoms. The highest BCUT2D eigenvalue weighted by atomic mass is 19.1. The van der Waals surface area contributed by atoms with E-state index >= 15 is 0 Å². The molecule has 2 N–H and O–H groups in total. The van der Waals surface area contributed by atoms with Crippen molar-refractivity contribution in [1.82, 2.24) is 0 Å². The molecule has 4 heteroatoms. The highest BCUT2D eigenvalue weighted by Gasteiger charge is 2.16. The number of phenolic OH excluding ortho intramolecular Hbond substituents is 1. The van der Waals surface area contributed by atoms with Gasteiger partial charge in [-0.3, -0.25) is 0 Å². The highest BCUT2D eigenvalue weighted by molar-refractivity contribution is 5.50. The van der Waals surface area contributed by atoms with Crippen LogP contribution in [0.2, 0.25) is 0 Å². The van der Waals surface area contributed by atoms with Gasteiger partial charge in [0.1, 0.15) is 17.4 Å². The minimum atomic E-state index is -0.502. The average molecular weight is 277 g/mol. The van der Waals surface area contributed by atoms with Crippen molar-refractivity contribution in [1.29, 1.82) is 0 Å². The second-order valence-electron chi connectivity index (χ2n) is 4.75. The Bertz CT molecular complexity index is 613. The Labute approximate surface area is 117 Å². The van der Waals surface area contributed by atoms with E-state index in [1.807, 2.05) is 6.92 Å². The number of rotatable bonds is 4. The molecule has 0 fully saturated rings. The molecule has 0 aliphatic rings. The van der Waals surface area contributed by atoms with E-state index in [-0.39, 0.29) is 23.0 Å². The zero-order valence-corrected chi connectivity index (χ0v) is 11.5. The molecular formula is C16H17F2NO. The summed E-state index contributed by atoms with van der Waals surface area (Å²) in [4.78, 5) is 0. The van der Waals surface area contributed by atoms with Gasteiger partial charge < -0.3 is 10.4 Å². The Morgan fingerprint density at radius 1 is 1.15 bits per heavy atom. The second kappa shape index (κ2) is 5.90. The monoisotopic (exact) mass is 277 g/mol. The zero-order valence-electron chi connectivity index (χ0n) is 11.5. The van der Waals surface area contributed by atoms with Gasteiger partial charge in [0.25, 0.3) is 0 Å². The molecule has 2 aromatic rings. The number of para-hydroxylation sites is 1. The van der Waals surface area contributed by atoms with Crippen LogP contribution in [0.25, 0.3) is 0 Å². The van der Waals surface area contributed by atoms with Crippen LogP contribution < -0.4 is 5.32 Å². The molecule has 1 atom stereocenters. The molecule has 0 aliphatic heterocycles. The maximum Gasteiger partial charge on any atom is 0.146 e. The van der Waals surface area contributed by atoms with Crippen molar-refractivity contribution in [2.45, 2.75) is 26.3 Å². The molecule has 2 nitrogen and oxygen atoms in total. The first-order chi connectivity index (χ1) is 9.52. The largest absolute Gasteiger partial charge is 0.508 e. The molecule has 1 unspecified atom stereocenters. The van der Waals surface area contributed by atoms with E-state index in [1.165, 1.54) is 6.92 Å². The van der Waals surface area contributed by atoms with Crippen LogP contribution in [0.15, 0.2) is 36.4 Å². The van der Waals surface area contributed by atoms with Gasteiger partial charge in [-0.1, -0.05) is 25.1 Å². The fourth-order valence-corrected chi connectivity index (χ4v) is 2.13. The summed E-state index contributed by atoms with van der Waals surface area (Å²) >= 11 is 0. The number of hydrogen-bond donors (Lipinski definition) is 2. The normalized spacial score (nSPS) is 12.2.